The summed E-state index contributed by atoms with van der Waals surface area (Å²) in [6.07, 6.45) is 0. The third-order valence-electron chi connectivity index (χ3n) is 4.25. The summed E-state index contributed by atoms with van der Waals surface area (Å²) in [5.41, 5.74) is 2.91. The van der Waals surface area contributed by atoms with Crippen LogP contribution in [0.3, 0.4) is 0 Å². The molecule has 0 radical (unpaired) electrons. The number of fused-ring (bicyclic) bond motifs is 1. The number of para-hydroxylation sites is 2. The van der Waals surface area contributed by atoms with Crippen LogP contribution in [0.25, 0.3) is 16.6 Å². The molecule has 0 aliphatic heterocycles. The molecule has 4 rings (SSSR count). The Balaban J connectivity index is 1.84. The number of nitrogens with zero attached hydrogens (tertiary/aromatic N) is 3. The van der Waals surface area contributed by atoms with E-state index in [1.807, 2.05) is 66.7 Å². The van der Waals surface area contributed by atoms with Crippen molar-refractivity contribution in [3.05, 3.63) is 100 Å². The summed E-state index contributed by atoms with van der Waals surface area (Å²) in [6.45, 7) is 0. The lowest BCUT2D eigenvalue weighted by atomic mass is 10.1. The molecule has 0 aliphatic carbocycles. The molecule has 0 saturated carbocycles. The molecule has 0 amide bonds. The first-order chi connectivity index (χ1) is 13.3. The van der Waals surface area contributed by atoms with E-state index in [9.17, 15) is 10.1 Å². The first-order valence-corrected chi connectivity index (χ1v) is 9.44. The smallest absolute Gasteiger partial charge is 0.266 e. The SMILES string of the molecule is N#Cc1ccccc1CSc1nc2ccccc2c(=O)n1-c1ccccc1. The topological polar surface area (TPSA) is 58.7 Å². The molecule has 5 heteroatoms. The van der Waals surface area contributed by atoms with Gasteiger partial charge in [-0.3, -0.25) is 9.36 Å². The third-order valence-corrected chi connectivity index (χ3v) is 5.24. The largest absolute Gasteiger partial charge is 0.268 e. The van der Waals surface area contributed by atoms with Gasteiger partial charge in [0.05, 0.1) is 28.2 Å². The van der Waals surface area contributed by atoms with E-state index in [4.69, 9.17) is 4.98 Å². The van der Waals surface area contributed by atoms with Crippen LogP contribution in [0.1, 0.15) is 11.1 Å². The molecule has 0 aliphatic rings. The van der Waals surface area contributed by atoms with Gasteiger partial charge < -0.3 is 0 Å². The van der Waals surface area contributed by atoms with Gasteiger partial charge in [-0.25, -0.2) is 4.98 Å². The van der Waals surface area contributed by atoms with Crippen LogP contribution in [0.2, 0.25) is 0 Å². The van der Waals surface area contributed by atoms with Gasteiger partial charge in [-0.1, -0.05) is 60.3 Å². The highest BCUT2D eigenvalue weighted by Crippen LogP contribution is 2.25. The van der Waals surface area contributed by atoms with Gasteiger partial charge in [-0.15, -0.1) is 0 Å². The van der Waals surface area contributed by atoms with Gasteiger partial charge >= 0.3 is 0 Å². The Hall–Kier alpha value is -3.36. The normalized spacial score (nSPS) is 10.6. The van der Waals surface area contributed by atoms with Crippen molar-refractivity contribution >= 4 is 22.7 Å². The Morgan fingerprint density at radius 1 is 0.926 bits per heavy atom. The maximum absolute atomic E-state index is 13.1. The van der Waals surface area contributed by atoms with Crippen LogP contribution in [-0.4, -0.2) is 9.55 Å². The third kappa shape index (κ3) is 3.35. The van der Waals surface area contributed by atoms with Crippen molar-refractivity contribution in [2.24, 2.45) is 0 Å². The summed E-state index contributed by atoms with van der Waals surface area (Å²) >= 11 is 1.45. The van der Waals surface area contributed by atoms with Gasteiger partial charge in [-0.2, -0.15) is 5.26 Å². The number of aromatic nitrogens is 2. The van der Waals surface area contributed by atoms with Crippen molar-refractivity contribution in [3.8, 4) is 11.8 Å². The van der Waals surface area contributed by atoms with Crippen molar-refractivity contribution in [1.29, 1.82) is 5.26 Å². The first-order valence-electron chi connectivity index (χ1n) is 8.46. The highest BCUT2D eigenvalue weighted by Gasteiger charge is 2.14. The number of benzene rings is 3. The molecule has 130 valence electrons. The van der Waals surface area contributed by atoms with Crippen molar-refractivity contribution in [2.45, 2.75) is 10.9 Å². The molecule has 0 unspecified atom stereocenters. The quantitative estimate of drug-likeness (QED) is 0.391. The monoisotopic (exact) mass is 369 g/mol. The second-order valence-electron chi connectivity index (χ2n) is 5.95. The predicted molar refractivity (Wildman–Crippen MR) is 108 cm³/mol. The lowest BCUT2D eigenvalue weighted by molar-refractivity contribution is 0.819. The van der Waals surface area contributed by atoms with Crippen LogP contribution >= 0.6 is 11.8 Å². The highest BCUT2D eigenvalue weighted by molar-refractivity contribution is 7.98. The van der Waals surface area contributed by atoms with Crippen molar-refractivity contribution in [2.75, 3.05) is 0 Å². The molecular formula is C22H15N3OS. The van der Waals surface area contributed by atoms with Crippen LogP contribution < -0.4 is 5.56 Å². The summed E-state index contributed by atoms with van der Waals surface area (Å²) < 4.78 is 1.64. The molecule has 0 bridgehead atoms. The van der Waals surface area contributed by atoms with E-state index >= 15 is 0 Å². The Bertz CT molecular complexity index is 1210. The van der Waals surface area contributed by atoms with Crippen molar-refractivity contribution in [1.82, 2.24) is 9.55 Å². The fraction of sp³-hybridized carbons (Fsp3) is 0.0455. The zero-order valence-electron chi connectivity index (χ0n) is 14.4. The Morgan fingerprint density at radius 3 is 2.44 bits per heavy atom. The van der Waals surface area contributed by atoms with Crippen LogP contribution in [0.4, 0.5) is 0 Å². The second-order valence-corrected chi connectivity index (χ2v) is 6.89. The predicted octanol–water partition coefficient (Wildman–Crippen LogP) is 4.55. The Labute approximate surface area is 160 Å². The first kappa shape index (κ1) is 17.1. The molecule has 0 saturated heterocycles. The van der Waals surface area contributed by atoms with Gasteiger partial charge in [0.15, 0.2) is 5.16 Å². The lowest BCUT2D eigenvalue weighted by Gasteiger charge is -2.13. The second kappa shape index (κ2) is 7.48. The Morgan fingerprint density at radius 2 is 1.63 bits per heavy atom. The number of hydrogen-bond donors (Lipinski definition) is 0. The molecule has 1 heterocycles. The van der Waals surface area contributed by atoms with E-state index in [1.54, 1.807) is 16.7 Å². The minimum atomic E-state index is -0.0946. The molecule has 1 aromatic heterocycles. The van der Waals surface area contributed by atoms with E-state index < -0.39 is 0 Å². The molecule has 0 N–H and O–H groups in total. The minimum absolute atomic E-state index is 0.0946. The van der Waals surface area contributed by atoms with Crippen LogP contribution in [-0.2, 0) is 5.75 Å². The molecule has 0 spiro atoms. The standard InChI is InChI=1S/C22H15N3OS/c23-14-16-8-4-5-9-17(16)15-27-22-24-20-13-7-6-12-19(20)21(26)25(22)18-10-2-1-3-11-18/h1-13H,15H2. The van der Waals surface area contributed by atoms with E-state index in [0.29, 0.717) is 27.4 Å². The van der Waals surface area contributed by atoms with E-state index in [-0.39, 0.29) is 5.56 Å². The number of rotatable bonds is 4. The van der Waals surface area contributed by atoms with Gasteiger partial charge in [0.2, 0.25) is 0 Å². The molecule has 3 aromatic carbocycles. The molecular weight excluding hydrogens is 354 g/mol. The summed E-state index contributed by atoms with van der Waals surface area (Å²) in [4.78, 5) is 17.9. The van der Waals surface area contributed by atoms with Crippen molar-refractivity contribution < 1.29 is 0 Å². The molecule has 4 aromatic rings. The fourth-order valence-corrected chi connectivity index (χ4v) is 3.93. The van der Waals surface area contributed by atoms with Gasteiger partial charge in [0.1, 0.15) is 0 Å². The van der Waals surface area contributed by atoms with E-state index in [2.05, 4.69) is 6.07 Å². The number of nitriles is 1. The van der Waals surface area contributed by atoms with Crippen molar-refractivity contribution in [3.63, 3.8) is 0 Å². The Kier molecular flexibility index (Phi) is 4.73. The van der Waals surface area contributed by atoms with Crippen LogP contribution in [0.15, 0.2) is 88.8 Å². The average molecular weight is 369 g/mol. The summed E-state index contributed by atoms with van der Waals surface area (Å²) in [6, 6.07) is 26.6. The zero-order chi connectivity index (χ0) is 18.6. The number of hydrogen-bond acceptors (Lipinski definition) is 4. The zero-order valence-corrected chi connectivity index (χ0v) is 15.2. The highest BCUT2D eigenvalue weighted by atomic mass is 32.2. The average Bonchev–Trinajstić information content (AvgIpc) is 2.73. The molecule has 27 heavy (non-hydrogen) atoms. The van der Waals surface area contributed by atoms with Gasteiger partial charge in [0, 0.05) is 5.75 Å². The van der Waals surface area contributed by atoms with E-state index in [1.165, 1.54) is 11.8 Å². The minimum Gasteiger partial charge on any atom is -0.268 e. The molecule has 4 nitrogen and oxygen atoms in total. The summed E-state index contributed by atoms with van der Waals surface area (Å²) in [5.74, 6) is 0.557. The maximum Gasteiger partial charge on any atom is 0.266 e. The fourth-order valence-electron chi connectivity index (χ4n) is 2.91. The van der Waals surface area contributed by atoms with Crippen LogP contribution in [0, 0.1) is 11.3 Å². The lowest BCUT2D eigenvalue weighted by Crippen LogP contribution is -2.21. The summed E-state index contributed by atoms with van der Waals surface area (Å²) in [5, 5.41) is 10.5. The number of thioether (sulfide) groups is 1. The summed E-state index contributed by atoms with van der Waals surface area (Å²) in [7, 11) is 0. The van der Waals surface area contributed by atoms with Gasteiger partial charge in [-0.05, 0) is 35.9 Å². The molecule has 0 atom stereocenters. The maximum atomic E-state index is 13.1. The van der Waals surface area contributed by atoms with E-state index in [0.717, 1.165) is 11.3 Å². The van der Waals surface area contributed by atoms with Gasteiger partial charge in [0.25, 0.3) is 5.56 Å². The molecule has 0 fully saturated rings. The van der Waals surface area contributed by atoms with Crippen LogP contribution in [0.5, 0.6) is 0 Å².